The molecule has 4 heteroatoms. The first-order chi connectivity index (χ1) is 31.2. The van der Waals surface area contributed by atoms with Gasteiger partial charge in [-0.1, -0.05) is 188 Å². The minimum atomic E-state index is -0.498. The Balaban J connectivity index is 0.906. The molecule has 0 saturated heterocycles. The lowest BCUT2D eigenvalue weighted by Crippen LogP contribution is -2.32. The van der Waals surface area contributed by atoms with E-state index < -0.39 is 5.41 Å². The third-order valence-corrected chi connectivity index (χ3v) is 13.0. The Kier molecular flexibility index (Phi) is 7.79. The highest BCUT2D eigenvalue weighted by Gasteiger charge is 2.50. The molecule has 11 aromatic rings. The van der Waals surface area contributed by atoms with Crippen molar-refractivity contribution in [1.82, 2.24) is 9.97 Å². The fourth-order valence-electron chi connectivity index (χ4n) is 10.2. The number of benzene rings is 9. The van der Waals surface area contributed by atoms with Crippen molar-refractivity contribution >= 4 is 21.9 Å². The van der Waals surface area contributed by atoms with Crippen LogP contribution in [0.4, 0.5) is 0 Å². The summed E-state index contributed by atoms with van der Waals surface area (Å²) in [6, 6.07) is 77.1. The molecule has 0 fully saturated rings. The number of furan rings is 1. The number of aromatic nitrogens is 2. The van der Waals surface area contributed by atoms with E-state index >= 15 is 0 Å². The minimum absolute atomic E-state index is 0.498. The van der Waals surface area contributed by atoms with Crippen molar-refractivity contribution in [2.45, 2.75) is 5.41 Å². The van der Waals surface area contributed by atoms with Crippen LogP contribution in [0.15, 0.2) is 223 Å². The van der Waals surface area contributed by atoms with E-state index in [0.717, 1.165) is 94.9 Å². The molecule has 1 spiro atoms. The summed E-state index contributed by atoms with van der Waals surface area (Å²) in [5, 5.41) is 2.24. The Labute approximate surface area is 364 Å². The summed E-state index contributed by atoms with van der Waals surface area (Å²) in [7, 11) is 0. The molecule has 1 aliphatic carbocycles. The number of fused-ring (bicyclic) bond motifs is 12. The van der Waals surface area contributed by atoms with Gasteiger partial charge in [0.2, 0.25) is 0 Å². The van der Waals surface area contributed by atoms with Crippen LogP contribution in [-0.4, -0.2) is 9.97 Å². The van der Waals surface area contributed by atoms with E-state index in [1.807, 2.05) is 30.3 Å². The molecule has 2 aliphatic rings. The topological polar surface area (TPSA) is 48.2 Å². The van der Waals surface area contributed by atoms with Crippen LogP contribution < -0.4 is 4.74 Å². The smallest absolute Gasteiger partial charge is 0.160 e. The maximum absolute atomic E-state index is 6.85. The molecule has 294 valence electrons. The molecule has 3 heterocycles. The molecule has 0 bridgehead atoms. The molecule has 0 unspecified atom stereocenters. The second-order valence-corrected chi connectivity index (χ2v) is 16.4. The van der Waals surface area contributed by atoms with Crippen LogP contribution in [0, 0.1) is 0 Å². The molecule has 0 atom stereocenters. The summed E-state index contributed by atoms with van der Waals surface area (Å²) in [5.74, 6) is 2.41. The Morgan fingerprint density at radius 3 is 1.70 bits per heavy atom. The van der Waals surface area contributed by atoms with Crippen molar-refractivity contribution in [2.24, 2.45) is 0 Å². The first-order valence-corrected chi connectivity index (χ1v) is 21.4. The molecular weight excluding hydrogens is 769 g/mol. The summed E-state index contributed by atoms with van der Waals surface area (Å²) in [5.41, 5.74) is 17.6. The molecule has 0 radical (unpaired) electrons. The van der Waals surface area contributed by atoms with Gasteiger partial charge in [-0.05, 0) is 69.3 Å². The van der Waals surface area contributed by atoms with Crippen molar-refractivity contribution in [3.05, 3.63) is 241 Å². The molecule has 4 nitrogen and oxygen atoms in total. The van der Waals surface area contributed by atoms with E-state index in [1.165, 1.54) is 22.3 Å². The van der Waals surface area contributed by atoms with Crippen molar-refractivity contribution in [3.8, 4) is 78.8 Å². The van der Waals surface area contributed by atoms with Crippen molar-refractivity contribution in [1.29, 1.82) is 0 Å². The maximum Gasteiger partial charge on any atom is 0.160 e. The molecule has 1 aliphatic heterocycles. The van der Waals surface area contributed by atoms with E-state index in [-0.39, 0.29) is 0 Å². The van der Waals surface area contributed by atoms with E-state index in [1.54, 1.807) is 0 Å². The van der Waals surface area contributed by atoms with Crippen LogP contribution in [0.25, 0.3) is 89.2 Å². The van der Waals surface area contributed by atoms with E-state index in [4.69, 9.17) is 19.1 Å². The first-order valence-electron chi connectivity index (χ1n) is 21.4. The monoisotopic (exact) mass is 804 g/mol. The number of hydrogen-bond acceptors (Lipinski definition) is 4. The lowest BCUT2D eigenvalue weighted by Gasteiger charge is -2.39. The number of ether oxygens (including phenoxy) is 1. The van der Waals surface area contributed by atoms with Crippen LogP contribution in [0.5, 0.6) is 11.5 Å². The van der Waals surface area contributed by atoms with Crippen molar-refractivity contribution in [3.63, 3.8) is 0 Å². The largest absolute Gasteiger partial charge is 0.457 e. The summed E-state index contributed by atoms with van der Waals surface area (Å²) >= 11 is 0. The minimum Gasteiger partial charge on any atom is -0.457 e. The molecular formula is C59H36N2O2. The van der Waals surface area contributed by atoms with Gasteiger partial charge in [0.1, 0.15) is 22.7 Å². The quantitative estimate of drug-likeness (QED) is 0.174. The average Bonchev–Trinajstić information content (AvgIpc) is 3.88. The Morgan fingerprint density at radius 1 is 0.333 bits per heavy atom. The summed E-state index contributed by atoms with van der Waals surface area (Å²) < 4.78 is 13.2. The van der Waals surface area contributed by atoms with Crippen LogP contribution in [0.1, 0.15) is 22.3 Å². The zero-order chi connectivity index (χ0) is 41.5. The van der Waals surface area contributed by atoms with Crippen LogP contribution in [0.2, 0.25) is 0 Å². The lowest BCUT2D eigenvalue weighted by atomic mass is 9.66. The molecule has 0 saturated carbocycles. The van der Waals surface area contributed by atoms with E-state index in [9.17, 15) is 0 Å². The first kappa shape index (κ1) is 35.4. The van der Waals surface area contributed by atoms with Crippen molar-refractivity contribution in [2.75, 3.05) is 0 Å². The number of rotatable bonds is 5. The molecule has 13 rings (SSSR count). The van der Waals surface area contributed by atoms with Gasteiger partial charge < -0.3 is 9.15 Å². The fourth-order valence-corrected chi connectivity index (χ4v) is 10.2. The van der Waals surface area contributed by atoms with Gasteiger partial charge in [0, 0.05) is 44.2 Å². The predicted octanol–water partition coefficient (Wildman–Crippen LogP) is 15.2. The van der Waals surface area contributed by atoms with Gasteiger partial charge in [-0.25, -0.2) is 9.97 Å². The van der Waals surface area contributed by atoms with Gasteiger partial charge in [-0.3, -0.25) is 0 Å². The van der Waals surface area contributed by atoms with Gasteiger partial charge in [0.25, 0.3) is 0 Å². The summed E-state index contributed by atoms with van der Waals surface area (Å²) in [6.45, 7) is 0. The van der Waals surface area contributed by atoms with E-state index in [2.05, 4.69) is 188 Å². The van der Waals surface area contributed by atoms with Crippen LogP contribution >= 0.6 is 0 Å². The zero-order valence-electron chi connectivity index (χ0n) is 34.0. The highest BCUT2D eigenvalue weighted by molar-refractivity contribution is 6.09. The highest BCUT2D eigenvalue weighted by atomic mass is 16.5. The Morgan fingerprint density at radius 2 is 0.889 bits per heavy atom. The van der Waals surface area contributed by atoms with Gasteiger partial charge in [-0.2, -0.15) is 0 Å². The molecule has 2 aromatic heterocycles. The number of nitrogens with zero attached hydrogens (tertiary/aromatic N) is 2. The number of para-hydroxylation sites is 3. The molecule has 9 aromatic carbocycles. The van der Waals surface area contributed by atoms with Crippen molar-refractivity contribution < 1.29 is 9.15 Å². The second-order valence-electron chi connectivity index (χ2n) is 16.4. The van der Waals surface area contributed by atoms with Gasteiger partial charge in [0.15, 0.2) is 5.82 Å². The third kappa shape index (κ3) is 5.41. The zero-order valence-corrected chi connectivity index (χ0v) is 34.0. The second kappa shape index (κ2) is 13.8. The fraction of sp³-hybridized carbons (Fsp3) is 0.0169. The van der Waals surface area contributed by atoms with Gasteiger partial charge in [-0.15, -0.1) is 0 Å². The lowest BCUT2D eigenvalue weighted by molar-refractivity contribution is 0.436. The predicted molar refractivity (Wildman–Crippen MR) is 254 cm³/mol. The van der Waals surface area contributed by atoms with E-state index in [0.29, 0.717) is 5.82 Å². The number of hydrogen-bond donors (Lipinski definition) is 0. The Bertz CT molecular complexity index is 3560. The standard InChI is InChI=1S/C59H36N2O2/c1-2-14-39(15-3-1)58-60-52(38-30-28-37(29-31-38)43-21-13-22-47-46-20-6-10-26-54(46)63-57(43)47)36-53(61-58)42-17-12-16-40(34-42)41-32-33-51-56(35-41)62-55-27-11-9-25-50(55)59(51)48-23-7-4-18-44(48)45-19-5-8-24-49(45)59/h1-36H. The highest BCUT2D eigenvalue weighted by Crippen LogP contribution is 2.62. The van der Waals surface area contributed by atoms with Gasteiger partial charge >= 0.3 is 0 Å². The van der Waals surface area contributed by atoms with Crippen LogP contribution in [-0.2, 0) is 5.41 Å². The van der Waals surface area contributed by atoms with Gasteiger partial charge in [0.05, 0.1) is 16.8 Å². The summed E-state index contributed by atoms with van der Waals surface area (Å²) in [4.78, 5) is 10.3. The third-order valence-electron chi connectivity index (χ3n) is 13.0. The normalized spacial score (nSPS) is 13.0. The molecule has 0 N–H and O–H groups in total. The maximum atomic E-state index is 6.85. The summed E-state index contributed by atoms with van der Waals surface area (Å²) in [6.07, 6.45) is 0. The molecule has 0 amide bonds. The average molecular weight is 805 g/mol. The SMILES string of the molecule is c1ccc(-c2nc(-c3ccc(-c4cccc5c4oc4ccccc45)cc3)cc(-c3cccc(-c4ccc5c(c4)Oc4ccccc4C54c5ccccc5-c5ccccc54)c3)n2)cc1. The van der Waals surface area contributed by atoms with Crippen LogP contribution in [0.3, 0.4) is 0 Å². The molecule has 63 heavy (non-hydrogen) atoms. The Hall–Kier alpha value is -8.34.